The predicted molar refractivity (Wildman–Crippen MR) is 215 cm³/mol. The van der Waals surface area contributed by atoms with Gasteiger partial charge in [0, 0.05) is 55.4 Å². The van der Waals surface area contributed by atoms with Gasteiger partial charge < -0.3 is 13.9 Å². The lowest BCUT2D eigenvalue weighted by Crippen LogP contribution is -2.11. The van der Waals surface area contributed by atoms with Crippen LogP contribution in [-0.2, 0) is 0 Å². The molecule has 0 fully saturated rings. The Kier molecular flexibility index (Phi) is 5.96. The fraction of sp³-hybridized carbons (Fsp3) is 0. The van der Waals surface area contributed by atoms with E-state index < -0.39 is 0 Å². The molecule has 0 unspecified atom stereocenters. The van der Waals surface area contributed by atoms with Gasteiger partial charge in [0.05, 0.1) is 16.7 Å². The highest BCUT2D eigenvalue weighted by Gasteiger charge is 2.20. The van der Waals surface area contributed by atoms with Gasteiger partial charge in [-0.15, -0.1) is 0 Å². The van der Waals surface area contributed by atoms with Gasteiger partial charge in [-0.05, 0) is 82.2 Å². The second-order valence-corrected chi connectivity index (χ2v) is 13.3. The molecule has 0 saturated carbocycles. The van der Waals surface area contributed by atoms with Gasteiger partial charge in [-0.3, -0.25) is 0 Å². The molecule has 3 nitrogen and oxygen atoms in total. The van der Waals surface area contributed by atoms with Gasteiger partial charge in [-0.2, -0.15) is 0 Å². The van der Waals surface area contributed by atoms with E-state index in [1.165, 1.54) is 48.7 Å². The number of anilines is 3. The van der Waals surface area contributed by atoms with Gasteiger partial charge in [0.1, 0.15) is 11.2 Å². The van der Waals surface area contributed by atoms with E-state index in [9.17, 15) is 0 Å². The van der Waals surface area contributed by atoms with E-state index in [0.717, 1.165) is 50.1 Å². The summed E-state index contributed by atoms with van der Waals surface area (Å²) in [6, 6.07) is 65.5. The number of benzene rings is 9. The molecule has 0 spiro atoms. The van der Waals surface area contributed by atoms with Crippen LogP contribution in [0.3, 0.4) is 0 Å². The van der Waals surface area contributed by atoms with Crippen molar-refractivity contribution in [2.45, 2.75) is 0 Å². The van der Waals surface area contributed by atoms with Crippen LogP contribution < -0.4 is 4.90 Å². The van der Waals surface area contributed by atoms with Crippen LogP contribution >= 0.6 is 0 Å². The van der Waals surface area contributed by atoms with Crippen LogP contribution in [0.25, 0.3) is 81.7 Å². The largest absolute Gasteiger partial charge is 0.455 e. The Balaban J connectivity index is 1.15. The molecule has 0 N–H and O–H groups in total. The number of furan rings is 1. The minimum Gasteiger partial charge on any atom is -0.455 e. The summed E-state index contributed by atoms with van der Waals surface area (Å²) in [5.41, 5.74) is 8.55. The molecule has 2 heterocycles. The van der Waals surface area contributed by atoms with Crippen LogP contribution in [0.15, 0.2) is 186 Å². The van der Waals surface area contributed by atoms with E-state index in [1.807, 2.05) is 0 Å². The summed E-state index contributed by atoms with van der Waals surface area (Å²) in [7, 11) is 0. The third kappa shape index (κ3) is 4.19. The van der Waals surface area contributed by atoms with E-state index in [0.29, 0.717) is 0 Å². The number of hydrogen-bond donors (Lipinski definition) is 0. The normalized spacial score (nSPS) is 11.9. The number of para-hydroxylation sites is 2. The fourth-order valence-electron chi connectivity index (χ4n) is 8.23. The van der Waals surface area contributed by atoms with Gasteiger partial charge in [-0.25, -0.2) is 0 Å². The van der Waals surface area contributed by atoms with Crippen molar-refractivity contribution < 1.29 is 4.42 Å². The van der Waals surface area contributed by atoms with Crippen molar-refractivity contribution in [2.24, 2.45) is 0 Å². The quantitative estimate of drug-likeness (QED) is 0.177. The van der Waals surface area contributed by atoms with Crippen LogP contribution in [-0.4, -0.2) is 4.57 Å². The van der Waals surface area contributed by atoms with E-state index in [-0.39, 0.29) is 0 Å². The molecule has 0 aliphatic carbocycles. The lowest BCUT2D eigenvalue weighted by atomic mass is 9.99. The van der Waals surface area contributed by atoms with Crippen molar-refractivity contribution in [1.29, 1.82) is 0 Å². The minimum atomic E-state index is 0.871. The van der Waals surface area contributed by atoms with Gasteiger partial charge in [-0.1, -0.05) is 115 Å². The molecule has 0 atom stereocenters. The first-order valence-corrected chi connectivity index (χ1v) is 17.4. The molecule has 11 rings (SSSR count). The topological polar surface area (TPSA) is 21.3 Å². The number of rotatable bonds is 4. The molecule has 11 aromatic rings. The summed E-state index contributed by atoms with van der Waals surface area (Å²) >= 11 is 0. The maximum atomic E-state index is 6.71. The molecule has 0 aliphatic heterocycles. The summed E-state index contributed by atoms with van der Waals surface area (Å²) in [6.45, 7) is 0. The summed E-state index contributed by atoms with van der Waals surface area (Å²) in [4.78, 5) is 2.38. The molecular weight excluding hydrogens is 621 g/mol. The van der Waals surface area contributed by atoms with Gasteiger partial charge in [0.15, 0.2) is 0 Å². The maximum absolute atomic E-state index is 6.71. The molecule has 0 bridgehead atoms. The minimum absolute atomic E-state index is 0.871. The predicted octanol–water partition coefficient (Wildman–Crippen LogP) is 13.6. The fourth-order valence-corrected chi connectivity index (χ4v) is 8.23. The smallest absolute Gasteiger partial charge is 0.143 e. The van der Waals surface area contributed by atoms with Crippen molar-refractivity contribution in [1.82, 2.24) is 4.57 Å². The van der Waals surface area contributed by atoms with E-state index >= 15 is 0 Å². The van der Waals surface area contributed by atoms with Crippen molar-refractivity contribution in [2.75, 3.05) is 4.90 Å². The van der Waals surface area contributed by atoms with Crippen molar-refractivity contribution >= 4 is 93.1 Å². The molecule has 3 heteroatoms. The SMILES string of the molecule is c1ccc2c(c1)cc(N(c1ccc(-n3c4ccccc4c4ccccc43)cc1)c1ccc3c(c1)oc1c4ccccc4ccc31)c1ccccc12. The number of aromatic nitrogens is 1. The van der Waals surface area contributed by atoms with E-state index in [2.05, 4.69) is 191 Å². The van der Waals surface area contributed by atoms with Crippen molar-refractivity contribution in [3.63, 3.8) is 0 Å². The second kappa shape index (κ2) is 10.8. The van der Waals surface area contributed by atoms with Gasteiger partial charge in [0.2, 0.25) is 0 Å². The highest BCUT2D eigenvalue weighted by molar-refractivity contribution is 6.17. The highest BCUT2D eigenvalue weighted by atomic mass is 16.3. The monoisotopic (exact) mass is 650 g/mol. The van der Waals surface area contributed by atoms with Crippen LogP contribution in [0.4, 0.5) is 17.1 Å². The highest BCUT2D eigenvalue weighted by Crippen LogP contribution is 2.44. The second-order valence-electron chi connectivity index (χ2n) is 13.3. The molecule has 0 radical (unpaired) electrons. The summed E-state index contributed by atoms with van der Waals surface area (Å²) in [5.74, 6) is 0. The zero-order valence-electron chi connectivity index (χ0n) is 27.6. The molecule has 0 amide bonds. The lowest BCUT2D eigenvalue weighted by Gasteiger charge is -2.28. The Labute approximate surface area is 293 Å². The molecule has 2 aromatic heterocycles. The Morgan fingerprint density at radius 2 is 0.941 bits per heavy atom. The maximum Gasteiger partial charge on any atom is 0.143 e. The number of fused-ring (bicyclic) bond motifs is 11. The van der Waals surface area contributed by atoms with E-state index in [1.54, 1.807) is 0 Å². The number of hydrogen-bond acceptors (Lipinski definition) is 2. The van der Waals surface area contributed by atoms with Gasteiger partial charge in [0.25, 0.3) is 0 Å². The summed E-state index contributed by atoms with van der Waals surface area (Å²) in [6.07, 6.45) is 0. The Morgan fingerprint density at radius 1 is 0.373 bits per heavy atom. The van der Waals surface area contributed by atoms with Crippen LogP contribution in [0.1, 0.15) is 0 Å². The first-order chi connectivity index (χ1) is 25.3. The molecule has 9 aromatic carbocycles. The summed E-state index contributed by atoms with van der Waals surface area (Å²) < 4.78 is 9.08. The first-order valence-electron chi connectivity index (χ1n) is 17.4. The molecule has 238 valence electrons. The van der Waals surface area contributed by atoms with Gasteiger partial charge >= 0.3 is 0 Å². The Hall–Kier alpha value is -6.84. The average molecular weight is 651 g/mol. The zero-order valence-corrected chi connectivity index (χ0v) is 27.6. The molecule has 51 heavy (non-hydrogen) atoms. The average Bonchev–Trinajstić information content (AvgIpc) is 3.74. The Morgan fingerprint density at radius 3 is 1.69 bits per heavy atom. The molecular formula is C48H30N2O. The number of nitrogens with zero attached hydrogens (tertiary/aromatic N) is 2. The zero-order chi connectivity index (χ0) is 33.5. The van der Waals surface area contributed by atoms with E-state index in [4.69, 9.17) is 4.42 Å². The third-order valence-corrected chi connectivity index (χ3v) is 10.5. The lowest BCUT2D eigenvalue weighted by molar-refractivity contribution is 0.673. The molecule has 0 saturated heterocycles. The van der Waals surface area contributed by atoms with Crippen LogP contribution in [0.5, 0.6) is 0 Å². The van der Waals surface area contributed by atoms with Crippen LogP contribution in [0, 0.1) is 0 Å². The molecule has 0 aliphatic rings. The van der Waals surface area contributed by atoms with Crippen LogP contribution in [0.2, 0.25) is 0 Å². The summed E-state index contributed by atoms with van der Waals surface area (Å²) in [5, 5.41) is 11.9. The first kappa shape index (κ1) is 28.0. The third-order valence-electron chi connectivity index (χ3n) is 10.5. The van der Waals surface area contributed by atoms with Crippen molar-refractivity contribution in [3.8, 4) is 5.69 Å². The Bertz CT molecular complexity index is 3090. The van der Waals surface area contributed by atoms with Crippen molar-refractivity contribution in [3.05, 3.63) is 182 Å². The standard InChI is InChI=1S/C48H30N2O/c1-4-14-37-31(11-1)21-27-43-42-28-26-35(30-47(42)51-48(37)43)49(46-29-32-12-2-3-13-36(32)38-15-5-6-16-39(38)46)33-22-24-34(25-23-33)50-44-19-9-7-17-40(44)41-18-8-10-20-45(41)50/h1-30H.